The molecular formula is C7H13N3S. The molecule has 0 amide bonds. The first-order chi connectivity index (χ1) is 5.36. The Kier molecular flexibility index (Phi) is 3.48. The van der Waals surface area contributed by atoms with E-state index in [1.54, 1.807) is 11.3 Å². The second-order valence-electron chi connectivity index (χ2n) is 2.22. The van der Waals surface area contributed by atoms with Gasteiger partial charge in [-0.1, -0.05) is 6.92 Å². The molecule has 0 aromatic carbocycles. The van der Waals surface area contributed by atoms with Crippen molar-refractivity contribution in [2.75, 3.05) is 6.54 Å². The van der Waals surface area contributed by atoms with Crippen LogP contribution in [0.2, 0.25) is 0 Å². The van der Waals surface area contributed by atoms with Gasteiger partial charge in [-0.2, -0.15) is 0 Å². The van der Waals surface area contributed by atoms with Crippen LogP contribution in [0.1, 0.15) is 17.6 Å². The Labute approximate surface area is 70.6 Å². The van der Waals surface area contributed by atoms with E-state index in [0.29, 0.717) is 6.54 Å². The van der Waals surface area contributed by atoms with Crippen LogP contribution in [0.25, 0.3) is 0 Å². The Hall–Kier alpha value is -0.450. The highest BCUT2D eigenvalue weighted by molar-refractivity contribution is 7.09. The van der Waals surface area contributed by atoms with Crippen LogP contribution in [0.4, 0.5) is 0 Å². The molecule has 0 bridgehead atoms. The van der Waals surface area contributed by atoms with Gasteiger partial charge in [-0.15, -0.1) is 11.3 Å². The van der Waals surface area contributed by atoms with Crippen LogP contribution in [0, 0.1) is 0 Å². The minimum Gasteiger partial charge on any atom is -0.325 e. The number of nitrogens with zero attached hydrogens (tertiary/aromatic N) is 1. The van der Waals surface area contributed by atoms with Crippen molar-refractivity contribution >= 4 is 11.3 Å². The van der Waals surface area contributed by atoms with Crippen molar-refractivity contribution in [3.8, 4) is 0 Å². The van der Waals surface area contributed by atoms with Crippen molar-refractivity contribution in [3.63, 3.8) is 0 Å². The van der Waals surface area contributed by atoms with Crippen molar-refractivity contribution in [2.45, 2.75) is 20.0 Å². The lowest BCUT2D eigenvalue weighted by Gasteiger charge is -1.94. The molecule has 1 aromatic heterocycles. The summed E-state index contributed by atoms with van der Waals surface area (Å²) in [7, 11) is 0. The van der Waals surface area contributed by atoms with E-state index in [1.165, 1.54) is 0 Å². The Morgan fingerprint density at radius 3 is 3.09 bits per heavy atom. The van der Waals surface area contributed by atoms with Gasteiger partial charge in [0.15, 0.2) is 0 Å². The summed E-state index contributed by atoms with van der Waals surface area (Å²) in [6, 6.07) is 0. The van der Waals surface area contributed by atoms with Crippen LogP contribution in [-0.2, 0) is 13.1 Å². The van der Waals surface area contributed by atoms with Crippen LogP contribution in [0.5, 0.6) is 0 Å². The number of nitrogens with one attached hydrogen (secondary N) is 1. The first kappa shape index (κ1) is 8.64. The van der Waals surface area contributed by atoms with Gasteiger partial charge >= 0.3 is 0 Å². The minimum atomic E-state index is 0.552. The molecule has 0 unspecified atom stereocenters. The zero-order valence-corrected chi connectivity index (χ0v) is 7.45. The van der Waals surface area contributed by atoms with E-state index in [0.717, 1.165) is 23.8 Å². The van der Waals surface area contributed by atoms with Crippen LogP contribution < -0.4 is 11.1 Å². The molecule has 62 valence electrons. The van der Waals surface area contributed by atoms with Gasteiger partial charge in [0, 0.05) is 18.5 Å². The molecule has 0 saturated carbocycles. The predicted molar refractivity (Wildman–Crippen MR) is 47.4 cm³/mol. The highest BCUT2D eigenvalue weighted by atomic mass is 32.1. The second-order valence-corrected chi connectivity index (χ2v) is 3.16. The SMILES string of the molecule is CCNCc1csc(CN)n1. The summed E-state index contributed by atoms with van der Waals surface area (Å²) in [4.78, 5) is 4.30. The monoisotopic (exact) mass is 171 g/mol. The van der Waals surface area contributed by atoms with Crippen molar-refractivity contribution < 1.29 is 0 Å². The molecule has 3 N–H and O–H groups in total. The molecule has 0 aliphatic heterocycles. The summed E-state index contributed by atoms with van der Waals surface area (Å²) < 4.78 is 0. The van der Waals surface area contributed by atoms with E-state index in [9.17, 15) is 0 Å². The molecule has 1 aromatic rings. The van der Waals surface area contributed by atoms with Crippen molar-refractivity contribution in [2.24, 2.45) is 5.73 Å². The van der Waals surface area contributed by atoms with E-state index in [4.69, 9.17) is 5.73 Å². The largest absolute Gasteiger partial charge is 0.325 e. The van der Waals surface area contributed by atoms with Crippen molar-refractivity contribution in [3.05, 3.63) is 16.1 Å². The Morgan fingerprint density at radius 2 is 2.55 bits per heavy atom. The maximum Gasteiger partial charge on any atom is 0.106 e. The molecule has 0 aliphatic carbocycles. The quantitative estimate of drug-likeness (QED) is 0.701. The second kappa shape index (κ2) is 4.43. The first-order valence-electron chi connectivity index (χ1n) is 3.71. The highest BCUT2D eigenvalue weighted by Gasteiger charge is 1.97. The highest BCUT2D eigenvalue weighted by Crippen LogP contribution is 2.07. The van der Waals surface area contributed by atoms with Gasteiger partial charge in [0.2, 0.25) is 0 Å². The summed E-state index contributed by atoms with van der Waals surface area (Å²) in [5.74, 6) is 0. The summed E-state index contributed by atoms with van der Waals surface area (Å²) in [6.07, 6.45) is 0. The average Bonchev–Trinajstić information content (AvgIpc) is 2.48. The summed E-state index contributed by atoms with van der Waals surface area (Å²) in [5, 5.41) is 6.26. The lowest BCUT2D eigenvalue weighted by Crippen LogP contribution is -2.12. The molecule has 0 atom stereocenters. The van der Waals surface area contributed by atoms with E-state index >= 15 is 0 Å². The van der Waals surface area contributed by atoms with Crippen LogP contribution in [0.15, 0.2) is 5.38 Å². The first-order valence-corrected chi connectivity index (χ1v) is 4.58. The van der Waals surface area contributed by atoms with Gasteiger partial charge in [0.05, 0.1) is 5.69 Å². The number of hydrogen-bond donors (Lipinski definition) is 2. The predicted octanol–water partition coefficient (Wildman–Crippen LogP) is 0.711. The Bertz CT molecular complexity index is 209. The number of rotatable bonds is 4. The van der Waals surface area contributed by atoms with Crippen LogP contribution in [-0.4, -0.2) is 11.5 Å². The van der Waals surface area contributed by atoms with Crippen LogP contribution >= 0.6 is 11.3 Å². The third kappa shape index (κ3) is 2.57. The fourth-order valence-corrected chi connectivity index (χ4v) is 1.45. The molecule has 1 rings (SSSR count). The Balaban J connectivity index is 2.44. The molecular weight excluding hydrogens is 158 g/mol. The fraction of sp³-hybridized carbons (Fsp3) is 0.571. The normalized spacial score (nSPS) is 10.4. The number of nitrogens with two attached hydrogens (primary N) is 1. The number of hydrogen-bond acceptors (Lipinski definition) is 4. The van der Waals surface area contributed by atoms with Gasteiger partial charge < -0.3 is 11.1 Å². The smallest absolute Gasteiger partial charge is 0.106 e. The summed E-state index contributed by atoms with van der Waals surface area (Å²) in [6.45, 7) is 4.47. The summed E-state index contributed by atoms with van der Waals surface area (Å²) in [5.41, 5.74) is 6.51. The molecule has 0 aliphatic rings. The van der Waals surface area contributed by atoms with Gasteiger partial charge in [0.1, 0.15) is 5.01 Å². The summed E-state index contributed by atoms with van der Waals surface area (Å²) >= 11 is 1.62. The molecule has 0 radical (unpaired) electrons. The van der Waals surface area contributed by atoms with E-state index in [2.05, 4.69) is 17.2 Å². The van der Waals surface area contributed by atoms with Gasteiger partial charge in [-0.05, 0) is 6.54 Å². The topological polar surface area (TPSA) is 50.9 Å². The standard InChI is InChI=1S/C7H13N3S/c1-2-9-4-6-5-11-7(3-8)10-6/h5,9H,2-4,8H2,1H3. The average molecular weight is 171 g/mol. The lowest BCUT2D eigenvalue weighted by molar-refractivity contribution is 0.711. The fourth-order valence-electron chi connectivity index (χ4n) is 0.777. The molecule has 4 heteroatoms. The third-order valence-electron chi connectivity index (χ3n) is 1.33. The zero-order valence-electron chi connectivity index (χ0n) is 6.63. The maximum absolute atomic E-state index is 5.42. The molecule has 1 heterocycles. The minimum absolute atomic E-state index is 0.552. The third-order valence-corrected chi connectivity index (χ3v) is 2.25. The van der Waals surface area contributed by atoms with Crippen molar-refractivity contribution in [1.29, 1.82) is 0 Å². The Morgan fingerprint density at radius 1 is 1.73 bits per heavy atom. The molecule has 3 nitrogen and oxygen atoms in total. The van der Waals surface area contributed by atoms with Crippen molar-refractivity contribution in [1.82, 2.24) is 10.3 Å². The molecule has 11 heavy (non-hydrogen) atoms. The lowest BCUT2D eigenvalue weighted by atomic mass is 10.5. The molecule has 0 spiro atoms. The zero-order chi connectivity index (χ0) is 8.10. The van der Waals surface area contributed by atoms with Gasteiger partial charge in [-0.3, -0.25) is 0 Å². The molecule has 0 fully saturated rings. The van der Waals surface area contributed by atoms with Gasteiger partial charge in [0.25, 0.3) is 0 Å². The van der Waals surface area contributed by atoms with Gasteiger partial charge in [-0.25, -0.2) is 4.98 Å². The van der Waals surface area contributed by atoms with E-state index in [-0.39, 0.29) is 0 Å². The van der Waals surface area contributed by atoms with E-state index in [1.807, 2.05) is 5.38 Å². The molecule has 0 saturated heterocycles. The van der Waals surface area contributed by atoms with Crippen LogP contribution in [0.3, 0.4) is 0 Å². The maximum atomic E-state index is 5.42. The number of aromatic nitrogens is 1. The number of thiazole rings is 1. The van der Waals surface area contributed by atoms with E-state index < -0.39 is 0 Å².